The number of hydrogen-bond donors (Lipinski definition) is 2. The zero-order chi connectivity index (χ0) is 12.5. The Morgan fingerprint density at radius 2 is 2.44 bits per heavy atom. The van der Waals surface area contributed by atoms with E-state index in [0.717, 1.165) is 21.8 Å². The van der Waals surface area contributed by atoms with Crippen LogP contribution < -0.4 is 10.6 Å². The van der Waals surface area contributed by atoms with Crippen molar-refractivity contribution >= 4 is 56.0 Å². The molecule has 7 heteroatoms. The fourth-order valence-electron chi connectivity index (χ4n) is 1.71. The van der Waals surface area contributed by atoms with E-state index in [1.54, 1.807) is 17.8 Å². The minimum absolute atomic E-state index is 0.0230. The molecule has 4 nitrogen and oxygen atoms in total. The molecule has 1 aromatic carbocycles. The maximum absolute atomic E-state index is 11.9. The molecule has 1 atom stereocenters. The van der Waals surface area contributed by atoms with Crippen LogP contribution in [0.25, 0.3) is 10.2 Å². The van der Waals surface area contributed by atoms with Crippen LogP contribution in [0.3, 0.4) is 0 Å². The van der Waals surface area contributed by atoms with Gasteiger partial charge in [-0.1, -0.05) is 22.9 Å². The fourth-order valence-corrected chi connectivity index (χ4v) is 3.79. The van der Waals surface area contributed by atoms with E-state index in [0.29, 0.717) is 10.2 Å². The van der Waals surface area contributed by atoms with E-state index in [2.05, 4.69) is 15.6 Å². The summed E-state index contributed by atoms with van der Waals surface area (Å²) in [5.74, 6) is 1.61. The number of nitrogens with zero attached hydrogens (tertiary/aromatic N) is 1. The molecule has 0 bridgehead atoms. The monoisotopic (exact) mass is 299 g/mol. The van der Waals surface area contributed by atoms with Gasteiger partial charge < -0.3 is 5.32 Å². The number of fused-ring (bicyclic) bond motifs is 1. The van der Waals surface area contributed by atoms with E-state index in [4.69, 9.17) is 11.6 Å². The van der Waals surface area contributed by atoms with E-state index < -0.39 is 0 Å². The quantitative estimate of drug-likeness (QED) is 0.895. The molecule has 2 aromatic rings. The van der Waals surface area contributed by atoms with Crippen LogP contribution in [0.5, 0.6) is 0 Å². The normalized spacial score (nSPS) is 19.3. The molecular formula is C11H10ClN3OS2. The maximum Gasteiger partial charge on any atom is 0.244 e. The largest absolute Gasteiger partial charge is 0.301 e. The number of carbonyl (C=O) groups excluding carboxylic acids is 1. The third-order valence-electron chi connectivity index (χ3n) is 2.61. The Balaban J connectivity index is 1.79. The van der Waals surface area contributed by atoms with Gasteiger partial charge in [0, 0.05) is 16.7 Å². The maximum atomic E-state index is 11.9. The molecule has 0 radical (unpaired) electrons. The zero-order valence-electron chi connectivity index (χ0n) is 9.27. The van der Waals surface area contributed by atoms with Crippen molar-refractivity contribution in [1.29, 1.82) is 0 Å². The number of benzene rings is 1. The van der Waals surface area contributed by atoms with Gasteiger partial charge in [0.25, 0.3) is 0 Å². The van der Waals surface area contributed by atoms with E-state index >= 15 is 0 Å². The predicted molar refractivity (Wildman–Crippen MR) is 77.5 cm³/mol. The number of nitrogens with one attached hydrogen (secondary N) is 2. The lowest BCUT2D eigenvalue weighted by Gasteiger charge is -2.07. The van der Waals surface area contributed by atoms with Gasteiger partial charge in [-0.15, -0.1) is 11.8 Å². The molecule has 2 N–H and O–H groups in total. The first-order valence-electron chi connectivity index (χ1n) is 5.40. The number of aromatic nitrogens is 1. The topological polar surface area (TPSA) is 54.0 Å². The Hall–Kier alpha value is -0.820. The number of thioether (sulfide) groups is 1. The van der Waals surface area contributed by atoms with Crippen LogP contribution in [-0.2, 0) is 4.79 Å². The summed E-state index contributed by atoms with van der Waals surface area (Å²) in [5.41, 5.74) is 0.855. The molecule has 0 aliphatic carbocycles. The van der Waals surface area contributed by atoms with Crippen LogP contribution >= 0.6 is 34.7 Å². The summed E-state index contributed by atoms with van der Waals surface area (Å²) < 4.78 is 0.978. The highest BCUT2D eigenvalue weighted by atomic mass is 35.5. The van der Waals surface area contributed by atoms with E-state index in [1.807, 2.05) is 12.1 Å². The average Bonchev–Trinajstić information content (AvgIpc) is 2.95. The van der Waals surface area contributed by atoms with Gasteiger partial charge in [-0.2, -0.15) is 0 Å². The lowest BCUT2D eigenvalue weighted by molar-refractivity contribution is -0.117. The van der Waals surface area contributed by atoms with Gasteiger partial charge in [0.05, 0.1) is 16.3 Å². The summed E-state index contributed by atoms with van der Waals surface area (Å²) >= 11 is 9.07. The second kappa shape index (κ2) is 5.05. The molecule has 0 saturated carbocycles. The molecule has 1 saturated heterocycles. The molecule has 0 spiro atoms. The van der Waals surface area contributed by atoms with Crippen molar-refractivity contribution < 1.29 is 4.79 Å². The highest BCUT2D eigenvalue weighted by Gasteiger charge is 2.23. The molecular weight excluding hydrogens is 290 g/mol. The number of amides is 1. The Labute approximate surface area is 117 Å². The first kappa shape index (κ1) is 12.2. The SMILES string of the molecule is O=C(Nc1nc2ccc(Cl)cc2s1)C1CSCN1. The number of halogens is 1. The summed E-state index contributed by atoms with van der Waals surface area (Å²) in [5, 5.41) is 7.27. The van der Waals surface area contributed by atoms with E-state index in [1.165, 1.54) is 11.3 Å². The van der Waals surface area contributed by atoms with Crippen LogP contribution in [-0.4, -0.2) is 28.6 Å². The van der Waals surface area contributed by atoms with Gasteiger partial charge >= 0.3 is 0 Å². The molecule has 3 rings (SSSR count). The molecule has 94 valence electrons. The molecule has 1 amide bonds. The number of anilines is 1. The van der Waals surface area contributed by atoms with Crippen LogP contribution in [0.2, 0.25) is 5.02 Å². The number of thiazole rings is 1. The number of carbonyl (C=O) groups is 1. The summed E-state index contributed by atoms with van der Waals surface area (Å²) in [6.07, 6.45) is 0. The molecule has 1 fully saturated rings. The van der Waals surface area contributed by atoms with Gasteiger partial charge in [-0.25, -0.2) is 4.98 Å². The highest BCUT2D eigenvalue weighted by Crippen LogP contribution is 2.28. The minimum atomic E-state index is -0.120. The summed E-state index contributed by atoms with van der Waals surface area (Å²) in [4.78, 5) is 16.3. The number of hydrogen-bond acceptors (Lipinski definition) is 5. The average molecular weight is 300 g/mol. The van der Waals surface area contributed by atoms with Crippen molar-refractivity contribution in [2.24, 2.45) is 0 Å². The second-order valence-corrected chi connectivity index (χ2v) is 6.39. The van der Waals surface area contributed by atoms with Crippen molar-refractivity contribution in [2.75, 3.05) is 16.9 Å². The second-order valence-electron chi connectivity index (χ2n) is 3.89. The van der Waals surface area contributed by atoms with Crippen molar-refractivity contribution in [3.8, 4) is 0 Å². The van der Waals surface area contributed by atoms with Crippen LogP contribution in [0, 0.1) is 0 Å². The smallest absolute Gasteiger partial charge is 0.244 e. The minimum Gasteiger partial charge on any atom is -0.301 e. The molecule has 1 aromatic heterocycles. The van der Waals surface area contributed by atoms with Gasteiger partial charge in [0.1, 0.15) is 0 Å². The van der Waals surface area contributed by atoms with E-state index in [-0.39, 0.29) is 11.9 Å². The Morgan fingerprint density at radius 1 is 1.56 bits per heavy atom. The fraction of sp³-hybridized carbons (Fsp3) is 0.273. The predicted octanol–water partition coefficient (Wildman–Crippen LogP) is 2.55. The summed E-state index contributed by atoms with van der Waals surface area (Å²) in [6, 6.07) is 5.39. The molecule has 2 heterocycles. The molecule has 1 aliphatic rings. The van der Waals surface area contributed by atoms with Crippen molar-refractivity contribution in [1.82, 2.24) is 10.3 Å². The lowest BCUT2D eigenvalue weighted by Crippen LogP contribution is -2.37. The first-order valence-corrected chi connectivity index (χ1v) is 7.75. The number of rotatable bonds is 2. The molecule has 1 aliphatic heterocycles. The Kier molecular flexibility index (Phi) is 3.43. The lowest BCUT2D eigenvalue weighted by atomic mass is 10.3. The zero-order valence-corrected chi connectivity index (χ0v) is 11.7. The Morgan fingerprint density at radius 3 is 3.22 bits per heavy atom. The van der Waals surface area contributed by atoms with Crippen LogP contribution in [0.1, 0.15) is 0 Å². The molecule has 18 heavy (non-hydrogen) atoms. The van der Waals surface area contributed by atoms with Gasteiger partial charge in [-0.05, 0) is 18.2 Å². The molecule has 1 unspecified atom stereocenters. The third kappa shape index (κ3) is 2.47. The van der Waals surface area contributed by atoms with Crippen molar-refractivity contribution in [3.05, 3.63) is 23.2 Å². The van der Waals surface area contributed by atoms with Crippen LogP contribution in [0.4, 0.5) is 5.13 Å². The third-order valence-corrected chi connectivity index (χ3v) is 4.72. The van der Waals surface area contributed by atoms with Crippen molar-refractivity contribution in [2.45, 2.75) is 6.04 Å². The van der Waals surface area contributed by atoms with Gasteiger partial charge in [0.2, 0.25) is 5.91 Å². The highest BCUT2D eigenvalue weighted by molar-refractivity contribution is 7.99. The van der Waals surface area contributed by atoms with E-state index in [9.17, 15) is 4.79 Å². The standard InChI is InChI=1S/C11H10ClN3OS2/c12-6-1-2-7-9(3-6)18-11(14-7)15-10(16)8-4-17-5-13-8/h1-3,8,13H,4-5H2,(H,14,15,16). The first-order chi connectivity index (χ1) is 8.72. The Bertz CT molecular complexity index is 595. The van der Waals surface area contributed by atoms with Crippen LogP contribution in [0.15, 0.2) is 18.2 Å². The van der Waals surface area contributed by atoms with Crippen molar-refractivity contribution in [3.63, 3.8) is 0 Å². The summed E-state index contributed by atoms with van der Waals surface area (Å²) in [7, 11) is 0. The van der Waals surface area contributed by atoms with Gasteiger partial charge in [0.15, 0.2) is 5.13 Å². The summed E-state index contributed by atoms with van der Waals surface area (Å²) in [6.45, 7) is 0. The van der Waals surface area contributed by atoms with Gasteiger partial charge in [-0.3, -0.25) is 10.1 Å².